The third kappa shape index (κ3) is 5.77. The van der Waals surface area contributed by atoms with E-state index in [1.807, 2.05) is 48.5 Å². The Hall–Kier alpha value is 1.10. The Morgan fingerprint density at radius 3 is 1.42 bits per heavy atom. The Morgan fingerprint density at radius 1 is 0.789 bits per heavy atom. The van der Waals surface area contributed by atoms with Crippen LogP contribution in [0.25, 0.3) is 0 Å². The van der Waals surface area contributed by atoms with E-state index in [9.17, 15) is 0 Å². The highest BCUT2D eigenvalue weighted by molar-refractivity contribution is 9.17. The van der Waals surface area contributed by atoms with Crippen LogP contribution in [0.2, 0.25) is 0 Å². The molecule has 19 heavy (non-hydrogen) atoms. The van der Waals surface area contributed by atoms with Crippen molar-refractivity contribution >= 4 is 82.3 Å². The van der Waals surface area contributed by atoms with Crippen molar-refractivity contribution < 1.29 is 0 Å². The molecule has 0 atom stereocenters. The van der Waals surface area contributed by atoms with E-state index in [1.165, 1.54) is 0 Å². The van der Waals surface area contributed by atoms with Crippen molar-refractivity contribution in [3.63, 3.8) is 0 Å². The van der Waals surface area contributed by atoms with Gasteiger partial charge in [-0.3, -0.25) is 0 Å². The lowest BCUT2D eigenvalue weighted by atomic mass is 10.4. The van der Waals surface area contributed by atoms with Crippen LogP contribution in [0.5, 0.6) is 0 Å². The minimum Gasteiger partial charge on any atom is -0.725 e. The van der Waals surface area contributed by atoms with Crippen LogP contribution in [0, 0.1) is 0 Å². The summed E-state index contributed by atoms with van der Waals surface area (Å²) >= 11 is 21.3. The number of benzene rings is 2. The molecule has 0 bridgehead atoms. The normalized spacial score (nSPS) is 11.5. The minimum absolute atomic E-state index is 1.06. The van der Waals surface area contributed by atoms with Crippen LogP contribution in [0.4, 0.5) is 0 Å². The van der Waals surface area contributed by atoms with Crippen molar-refractivity contribution in [2.24, 2.45) is 0 Å². The van der Waals surface area contributed by atoms with E-state index in [1.54, 1.807) is 22.8 Å². The number of hydrogen-bond acceptors (Lipinski definition) is 4. The molecule has 2 aromatic rings. The summed E-state index contributed by atoms with van der Waals surface area (Å²) in [6.45, 7) is 0. The fourth-order valence-electron chi connectivity index (χ4n) is 1.27. The zero-order valence-electron chi connectivity index (χ0n) is 9.45. The Morgan fingerprint density at radius 2 is 1.11 bits per heavy atom. The van der Waals surface area contributed by atoms with E-state index in [0.717, 1.165) is 18.7 Å². The van der Waals surface area contributed by atoms with Crippen molar-refractivity contribution in [2.45, 2.75) is 9.79 Å². The molecular formula is C12H8Br2PS4-. The second-order valence-electron chi connectivity index (χ2n) is 3.54. The Bertz CT molecular complexity index is 547. The third-order valence-electron chi connectivity index (χ3n) is 2.06. The van der Waals surface area contributed by atoms with Gasteiger partial charge in [0.05, 0.1) is 0 Å². The Balaban J connectivity index is 2.08. The van der Waals surface area contributed by atoms with E-state index >= 15 is 0 Å². The van der Waals surface area contributed by atoms with Crippen molar-refractivity contribution in [1.82, 2.24) is 0 Å². The number of halogens is 2. The summed E-state index contributed by atoms with van der Waals surface area (Å²) < 4.78 is 0.183. The van der Waals surface area contributed by atoms with Gasteiger partial charge in [0.1, 0.15) is 0 Å². The Labute approximate surface area is 148 Å². The van der Waals surface area contributed by atoms with Gasteiger partial charge in [0, 0.05) is 18.7 Å². The molecule has 2 rings (SSSR count). The quantitative estimate of drug-likeness (QED) is 0.353. The van der Waals surface area contributed by atoms with Crippen LogP contribution in [-0.4, -0.2) is 0 Å². The lowest BCUT2D eigenvalue weighted by Crippen LogP contribution is -1.72. The highest BCUT2D eigenvalue weighted by atomic mass is 79.9. The second-order valence-corrected chi connectivity index (χ2v) is 19.4. The lowest BCUT2D eigenvalue weighted by Gasteiger charge is -2.26. The molecule has 0 aliphatic carbocycles. The molecule has 0 aliphatic rings. The fraction of sp³-hybridized carbons (Fsp3) is 0. The van der Waals surface area contributed by atoms with Gasteiger partial charge in [0.2, 0.25) is 0 Å². The topological polar surface area (TPSA) is 0 Å². The van der Waals surface area contributed by atoms with Crippen molar-refractivity contribution in [3.05, 3.63) is 57.5 Å². The summed E-state index contributed by atoms with van der Waals surface area (Å²) in [5.41, 5.74) is 0. The molecular weight excluding hydrogens is 463 g/mol. The zero-order chi connectivity index (χ0) is 13.9. The van der Waals surface area contributed by atoms with Crippen LogP contribution in [0.1, 0.15) is 0 Å². The van der Waals surface area contributed by atoms with E-state index in [2.05, 4.69) is 31.9 Å². The van der Waals surface area contributed by atoms with Gasteiger partial charge in [0.15, 0.2) is 0 Å². The molecule has 0 nitrogen and oxygen atoms in total. The molecule has 0 radical (unpaired) electrons. The minimum atomic E-state index is -1.95. The summed E-state index contributed by atoms with van der Waals surface area (Å²) in [7, 11) is 0. The molecule has 0 heterocycles. The van der Waals surface area contributed by atoms with E-state index < -0.39 is 3.64 Å². The average molecular weight is 471 g/mol. The number of hydrogen-bond donors (Lipinski definition) is 0. The molecule has 0 aromatic heterocycles. The molecule has 100 valence electrons. The maximum atomic E-state index is 5.60. The van der Waals surface area contributed by atoms with Gasteiger partial charge in [-0.05, 0) is 48.5 Å². The first kappa shape index (κ1) is 16.5. The molecule has 0 spiro atoms. The molecule has 0 fully saturated rings. The van der Waals surface area contributed by atoms with Crippen molar-refractivity contribution in [2.75, 3.05) is 0 Å². The summed E-state index contributed by atoms with van der Waals surface area (Å²) in [5, 5.41) is 0. The molecule has 0 amide bonds. The van der Waals surface area contributed by atoms with Gasteiger partial charge in [-0.2, -0.15) is 0 Å². The molecule has 7 heteroatoms. The maximum Gasteiger partial charge on any atom is 0.0176 e. The maximum absolute atomic E-state index is 5.60. The summed E-state index contributed by atoms with van der Waals surface area (Å²) in [4.78, 5) is 2.26. The van der Waals surface area contributed by atoms with Crippen LogP contribution in [0.15, 0.2) is 67.3 Å². The predicted octanol–water partition coefficient (Wildman–Crippen LogP) is 6.87. The zero-order valence-corrected chi connectivity index (χ0v) is 16.8. The van der Waals surface area contributed by atoms with E-state index in [-0.39, 0.29) is 0 Å². The van der Waals surface area contributed by atoms with Gasteiger partial charge < -0.3 is 12.2 Å². The average Bonchev–Trinajstić information content (AvgIpc) is 2.34. The molecule has 0 unspecified atom stereocenters. The van der Waals surface area contributed by atoms with Crippen LogP contribution < -0.4 is 0 Å². The highest BCUT2D eigenvalue weighted by Crippen LogP contribution is 2.72. The third-order valence-corrected chi connectivity index (χ3v) is 11.2. The van der Waals surface area contributed by atoms with Gasteiger partial charge in [-0.1, -0.05) is 35.5 Å². The van der Waals surface area contributed by atoms with Crippen molar-refractivity contribution in [1.29, 1.82) is 0 Å². The van der Waals surface area contributed by atoms with Gasteiger partial charge in [-0.25, -0.2) is 0 Å². The monoisotopic (exact) mass is 469 g/mol. The first-order valence-electron chi connectivity index (χ1n) is 5.16. The highest BCUT2D eigenvalue weighted by Gasteiger charge is 2.06. The van der Waals surface area contributed by atoms with Gasteiger partial charge >= 0.3 is 0 Å². The molecule has 0 saturated carbocycles. The van der Waals surface area contributed by atoms with Crippen LogP contribution in [0.3, 0.4) is 0 Å². The lowest BCUT2D eigenvalue weighted by molar-refractivity contribution is 1.45. The second kappa shape index (κ2) is 7.39. The van der Waals surface area contributed by atoms with Gasteiger partial charge in [-0.15, -0.1) is 34.6 Å². The van der Waals surface area contributed by atoms with Crippen LogP contribution >= 0.6 is 58.3 Å². The molecule has 0 saturated heterocycles. The fourth-order valence-corrected chi connectivity index (χ4v) is 10.2. The molecule has 0 N–H and O–H groups in total. The first-order valence-corrected chi connectivity index (χ1v) is 13.4. The number of rotatable bonds is 4. The van der Waals surface area contributed by atoms with E-state index in [4.69, 9.17) is 24.1 Å². The van der Waals surface area contributed by atoms with Crippen molar-refractivity contribution in [3.8, 4) is 0 Å². The predicted molar refractivity (Wildman–Crippen MR) is 102 cm³/mol. The SMILES string of the molecule is S=P([S-])(Sc1ccc(Br)cc1)Sc1ccc(Br)cc1. The smallest absolute Gasteiger partial charge is 0.0176 e. The van der Waals surface area contributed by atoms with Gasteiger partial charge in [0.25, 0.3) is 0 Å². The standard InChI is InChI=1S/C12H9Br2PS4/c13-9-1-5-11(6-2-9)18-15(16,17)19-12-7-3-10(14)4-8-12/h1-8H,(H,16,17)/p-1. The van der Waals surface area contributed by atoms with E-state index in [0.29, 0.717) is 0 Å². The van der Waals surface area contributed by atoms with Crippen LogP contribution in [-0.2, 0) is 24.1 Å². The summed E-state index contributed by atoms with van der Waals surface area (Å²) in [5.74, 6) is 0. The first-order chi connectivity index (χ1) is 8.94. The largest absolute Gasteiger partial charge is 0.725 e. The summed E-state index contributed by atoms with van der Waals surface area (Å²) in [6, 6.07) is 16.2. The molecule has 0 aliphatic heterocycles. The Kier molecular flexibility index (Phi) is 6.41. The summed E-state index contributed by atoms with van der Waals surface area (Å²) in [6.07, 6.45) is 0. The molecule has 2 aromatic carbocycles.